The lowest BCUT2D eigenvalue weighted by Crippen LogP contribution is -2.46. The highest BCUT2D eigenvalue weighted by atomic mass is 19.4. The number of rotatable bonds is 3. The van der Waals surface area contributed by atoms with Crippen molar-refractivity contribution in [1.82, 2.24) is 5.32 Å². The summed E-state index contributed by atoms with van der Waals surface area (Å²) in [6.07, 6.45) is -1.62. The second kappa shape index (κ2) is 4.98. The molecule has 0 bridgehead atoms. The summed E-state index contributed by atoms with van der Waals surface area (Å²) < 4.78 is 37.6. The molecule has 14 heavy (non-hydrogen) atoms. The lowest BCUT2D eigenvalue weighted by Gasteiger charge is -2.33. The molecule has 1 aliphatic carbocycles. The van der Waals surface area contributed by atoms with Crippen LogP contribution in [0.3, 0.4) is 0 Å². The van der Waals surface area contributed by atoms with E-state index in [0.717, 1.165) is 6.42 Å². The van der Waals surface area contributed by atoms with Gasteiger partial charge in [-0.15, -0.1) is 0 Å². The number of halogens is 3. The number of alkyl halides is 3. The summed E-state index contributed by atoms with van der Waals surface area (Å²) in [6.45, 7) is 0.859. The Morgan fingerprint density at radius 1 is 1.21 bits per heavy atom. The molecule has 0 aliphatic heterocycles. The van der Waals surface area contributed by atoms with Gasteiger partial charge < -0.3 is 11.1 Å². The minimum atomic E-state index is -4.06. The average Bonchev–Trinajstić information content (AvgIpc) is 2.14. The van der Waals surface area contributed by atoms with Crippen molar-refractivity contribution < 1.29 is 13.2 Å². The Balaban J connectivity index is 2.50. The van der Waals surface area contributed by atoms with Crippen molar-refractivity contribution >= 4 is 0 Å². The van der Waals surface area contributed by atoms with Crippen LogP contribution in [0, 0.1) is 5.92 Å². The lowest BCUT2D eigenvalue weighted by molar-refractivity contribution is -0.188. The van der Waals surface area contributed by atoms with Crippen molar-refractivity contribution in [2.45, 2.75) is 37.9 Å². The molecule has 5 heteroatoms. The van der Waals surface area contributed by atoms with Crippen LogP contribution in [0.15, 0.2) is 0 Å². The van der Waals surface area contributed by atoms with Crippen LogP contribution in [0.1, 0.15) is 25.7 Å². The van der Waals surface area contributed by atoms with Gasteiger partial charge in [0.15, 0.2) is 0 Å². The fourth-order valence-electron chi connectivity index (χ4n) is 2.04. The SMILES string of the molecule is NCCNC1CCCCC1C(F)(F)F. The van der Waals surface area contributed by atoms with E-state index in [-0.39, 0.29) is 6.42 Å². The summed E-state index contributed by atoms with van der Waals surface area (Å²) in [5.41, 5.74) is 5.26. The van der Waals surface area contributed by atoms with Crippen molar-refractivity contribution in [3.8, 4) is 0 Å². The van der Waals surface area contributed by atoms with E-state index >= 15 is 0 Å². The quantitative estimate of drug-likeness (QED) is 0.743. The summed E-state index contributed by atoms with van der Waals surface area (Å²) in [5, 5.41) is 2.88. The minimum absolute atomic E-state index is 0.256. The van der Waals surface area contributed by atoms with Crippen molar-refractivity contribution in [2.75, 3.05) is 13.1 Å². The highest BCUT2D eigenvalue weighted by Crippen LogP contribution is 2.37. The minimum Gasteiger partial charge on any atom is -0.329 e. The van der Waals surface area contributed by atoms with Crippen molar-refractivity contribution in [3.63, 3.8) is 0 Å². The Kier molecular flexibility index (Phi) is 4.19. The molecule has 0 aromatic carbocycles. The molecule has 3 N–H and O–H groups in total. The normalized spacial score (nSPS) is 29.1. The second-order valence-electron chi connectivity index (χ2n) is 3.78. The molecule has 0 heterocycles. The van der Waals surface area contributed by atoms with Gasteiger partial charge in [-0.25, -0.2) is 0 Å². The monoisotopic (exact) mass is 210 g/mol. The van der Waals surface area contributed by atoms with Crippen LogP contribution in [-0.2, 0) is 0 Å². The summed E-state index contributed by atoms with van der Waals surface area (Å²) >= 11 is 0. The molecule has 0 radical (unpaired) electrons. The highest BCUT2D eigenvalue weighted by molar-refractivity contribution is 4.85. The first-order chi connectivity index (χ1) is 6.55. The molecule has 1 aliphatic rings. The molecule has 0 saturated heterocycles. The molecule has 0 aromatic rings. The first-order valence-corrected chi connectivity index (χ1v) is 5.06. The predicted octanol–water partition coefficient (Wildman–Crippen LogP) is 1.66. The number of nitrogens with two attached hydrogens (primary N) is 1. The molecule has 2 atom stereocenters. The van der Waals surface area contributed by atoms with Gasteiger partial charge in [0.05, 0.1) is 5.92 Å². The zero-order valence-corrected chi connectivity index (χ0v) is 8.11. The maximum absolute atomic E-state index is 12.5. The van der Waals surface area contributed by atoms with Crippen LogP contribution >= 0.6 is 0 Å². The van der Waals surface area contributed by atoms with Crippen molar-refractivity contribution in [3.05, 3.63) is 0 Å². The predicted molar refractivity (Wildman–Crippen MR) is 48.9 cm³/mol. The van der Waals surface area contributed by atoms with E-state index in [0.29, 0.717) is 25.9 Å². The molecule has 1 rings (SSSR count). The molecule has 1 saturated carbocycles. The third-order valence-corrected chi connectivity index (χ3v) is 2.74. The van der Waals surface area contributed by atoms with Crippen LogP contribution in [0.4, 0.5) is 13.2 Å². The van der Waals surface area contributed by atoms with Crippen LogP contribution < -0.4 is 11.1 Å². The lowest BCUT2D eigenvalue weighted by atomic mass is 9.84. The zero-order chi connectivity index (χ0) is 10.6. The van der Waals surface area contributed by atoms with E-state index in [1.807, 2.05) is 0 Å². The summed E-state index contributed by atoms with van der Waals surface area (Å²) in [6, 6.07) is -0.424. The maximum atomic E-state index is 12.5. The van der Waals surface area contributed by atoms with Gasteiger partial charge in [-0.3, -0.25) is 0 Å². The van der Waals surface area contributed by atoms with Crippen LogP contribution in [-0.4, -0.2) is 25.3 Å². The molecule has 2 unspecified atom stereocenters. The van der Waals surface area contributed by atoms with Gasteiger partial charge in [-0.2, -0.15) is 13.2 Å². The molecule has 0 aromatic heterocycles. The summed E-state index contributed by atoms with van der Waals surface area (Å²) in [4.78, 5) is 0. The van der Waals surface area contributed by atoms with E-state index in [1.165, 1.54) is 0 Å². The highest BCUT2D eigenvalue weighted by Gasteiger charge is 2.45. The molecule has 2 nitrogen and oxygen atoms in total. The fourth-order valence-corrected chi connectivity index (χ4v) is 2.04. The third kappa shape index (κ3) is 3.13. The van der Waals surface area contributed by atoms with E-state index < -0.39 is 18.1 Å². The van der Waals surface area contributed by atoms with Crippen LogP contribution in [0.25, 0.3) is 0 Å². The standard InChI is InChI=1S/C9H17F3N2/c10-9(11,12)7-3-1-2-4-8(7)14-6-5-13/h7-8,14H,1-6,13H2. The van der Waals surface area contributed by atoms with Gasteiger partial charge in [-0.1, -0.05) is 12.8 Å². The number of hydrogen-bond acceptors (Lipinski definition) is 2. The molecular weight excluding hydrogens is 193 g/mol. The first kappa shape index (κ1) is 11.8. The summed E-state index contributed by atoms with van der Waals surface area (Å²) in [7, 11) is 0. The van der Waals surface area contributed by atoms with Crippen molar-refractivity contribution in [1.29, 1.82) is 0 Å². The third-order valence-electron chi connectivity index (χ3n) is 2.74. The molecule has 0 amide bonds. The Morgan fingerprint density at radius 2 is 1.86 bits per heavy atom. The Labute approximate surface area is 82.0 Å². The van der Waals surface area contributed by atoms with Gasteiger partial charge in [0.25, 0.3) is 0 Å². The van der Waals surface area contributed by atoms with Crippen LogP contribution in [0.2, 0.25) is 0 Å². The molecule has 0 spiro atoms. The van der Waals surface area contributed by atoms with Gasteiger partial charge in [0.1, 0.15) is 0 Å². The van der Waals surface area contributed by atoms with Gasteiger partial charge in [0, 0.05) is 19.1 Å². The smallest absolute Gasteiger partial charge is 0.329 e. The molecule has 1 fully saturated rings. The van der Waals surface area contributed by atoms with E-state index in [9.17, 15) is 13.2 Å². The maximum Gasteiger partial charge on any atom is 0.393 e. The Hall–Kier alpha value is -0.290. The first-order valence-electron chi connectivity index (χ1n) is 5.06. The second-order valence-corrected chi connectivity index (χ2v) is 3.78. The van der Waals surface area contributed by atoms with E-state index in [2.05, 4.69) is 5.32 Å². The van der Waals surface area contributed by atoms with Gasteiger partial charge in [-0.05, 0) is 12.8 Å². The number of hydrogen-bond donors (Lipinski definition) is 2. The van der Waals surface area contributed by atoms with E-state index in [1.54, 1.807) is 0 Å². The Morgan fingerprint density at radius 3 is 2.43 bits per heavy atom. The van der Waals surface area contributed by atoms with Gasteiger partial charge >= 0.3 is 6.18 Å². The largest absolute Gasteiger partial charge is 0.393 e. The Bertz CT molecular complexity index is 170. The summed E-state index contributed by atoms with van der Waals surface area (Å²) in [5.74, 6) is -1.18. The molecular formula is C9H17F3N2. The zero-order valence-electron chi connectivity index (χ0n) is 8.11. The average molecular weight is 210 g/mol. The van der Waals surface area contributed by atoms with Crippen molar-refractivity contribution in [2.24, 2.45) is 11.7 Å². The fraction of sp³-hybridized carbons (Fsp3) is 1.00. The van der Waals surface area contributed by atoms with Crippen LogP contribution in [0.5, 0.6) is 0 Å². The van der Waals surface area contributed by atoms with Gasteiger partial charge in [0.2, 0.25) is 0 Å². The van der Waals surface area contributed by atoms with E-state index in [4.69, 9.17) is 5.73 Å². The number of nitrogens with one attached hydrogen (secondary N) is 1. The topological polar surface area (TPSA) is 38.0 Å². The molecule has 84 valence electrons.